The van der Waals surface area contributed by atoms with Crippen LogP contribution in [0.4, 0.5) is 0 Å². The lowest BCUT2D eigenvalue weighted by Gasteiger charge is -2.37. The number of carbonyl (C=O) groups is 1. The first-order valence-corrected chi connectivity index (χ1v) is 27.7. The molecule has 0 bridgehead atoms. The Morgan fingerprint density at radius 1 is 0.329 bits per heavy atom. The molecule has 0 aliphatic heterocycles. The molecule has 4 aromatic heterocycles. The van der Waals surface area contributed by atoms with Crippen LogP contribution in [0.25, 0.3) is 98.9 Å². The van der Waals surface area contributed by atoms with Crippen LogP contribution >= 0.6 is 39.9 Å². The van der Waals surface area contributed by atoms with Gasteiger partial charge in [0.15, 0.2) is 5.78 Å². The number of hydrogen-bond acceptors (Lipinski definition) is 3. The van der Waals surface area contributed by atoms with Gasteiger partial charge in [0, 0.05) is 70.1 Å². The van der Waals surface area contributed by atoms with E-state index in [0.717, 1.165) is 54.7 Å². The summed E-state index contributed by atoms with van der Waals surface area (Å²) in [5.41, 5.74) is 16.8. The molecule has 0 amide bonds. The molecule has 16 aromatic rings. The van der Waals surface area contributed by atoms with Gasteiger partial charge in [-0.05, 0) is 101 Å². The number of rotatable bonds is 6. The number of aromatic nitrogens is 2. The zero-order chi connectivity index (χ0) is 53.3. The highest BCUT2D eigenvalue weighted by molar-refractivity contribution is 14.0. The Morgan fingerprint density at radius 2 is 0.720 bits per heavy atom. The quantitative estimate of drug-likeness (QED) is 0.123. The van der Waals surface area contributed by atoms with Gasteiger partial charge in [0.1, 0.15) is 22.3 Å². The summed E-state index contributed by atoms with van der Waals surface area (Å²) in [5, 5.41) is 9.73. The highest BCUT2D eigenvalue weighted by atomic mass is 127. The summed E-state index contributed by atoms with van der Waals surface area (Å²) in [6.07, 6.45) is 0. The van der Waals surface area contributed by atoms with E-state index in [2.05, 4.69) is 237 Å². The maximum atomic E-state index is 11.8. The normalized spacial score (nSPS) is 12.2. The topological polar surface area (TPSA) is 53.2 Å². The predicted molar refractivity (Wildman–Crippen MR) is 354 cm³/mol. The molecule has 0 N–H and O–H groups in total. The number of nitrogens with zero attached hydrogens (tertiary/aromatic N) is 2. The number of hydrogen-bond donors (Lipinski definition) is 0. The van der Waals surface area contributed by atoms with E-state index in [0.29, 0.717) is 0 Å². The second kappa shape index (κ2) is 21.3. The molecule has 5 nitrogen and oxygen atoms in total. The van der Waals surface area contributed by atoms with Gasteiger partial charge in [0.2, 0.25) is 0 Å². The van der Waals surface area contributed by atoms with Crippen molar-refractivity contribution in [2.45, 2.75) is 12.8 Å². The Hall–Kier alpha value is -9.28. The highest BCUT2D eigenvalue weighted by Crippen LogP contribution is 2.56. The Balaban J connectivity index is 0.000000127. The monoisotopic (exact) mass is 1230 g/mol. The Morgan fingerprint density at radius 3 is 1.28 bits per heavy atom. The van der Waals surface area contributed by atoms with Crippen molar-refractivity contribution in [3.05, 3.63) is 323 Å². The zero-order valence-corrected chi connectivity index (χ0v) is 47.5. The third-order valence-electron chi connectivity index (χ3n) is 16.0. The van der Waals surface area contributed by atoms with E-state index in [4.69, 9.17) is 8.83 Å². The van der Waals surface area contributed by atoms with Gasteiger partial charge in [-0.2, -0.15) is 0 Å². The number of ketones is 1. The van der Waals surface area contributed by atoms with Crippen molar-refractivity contribution in [3.63, 3.8) is 0 Å². The highest BCUT2D eigenvalue weighted by Gasteiger charge is 2.44. The van der Waals surface area contributed by atoms with E-state index in [9.17, 15) is 4.79 Å². The predicted octanol–water partition coefficient (Wildman–Crippen LogP) is 21.0. The number of fused-ring (bicyclic) bond motifs is 7. The average molecular weight is 1240 g/mol. The van der Waals surface area contributed by atoms with E-state index in [1.807, 2.05) is 72.8 Å². The average Bonchev–Trinajstić information content (AvgIpc) is 1.95. The molecule has 1 aliphatic carbocycles. The van der Waals surface area contributed by atoms with Crippen LogP contribution in [-0.4, -0.2) is 14.9 Å². The molecule has 394 valence electrons. The minimum Gasteiger partial charge on any atom is -0.456 e. The summed E-state index contributed by atoms with van der Waals surface area (Å²) in [6.45, 7) is 0. The second-order valence-corrected chi connectivity index (χ2v) is 21.1. The smallest absolute Gasteiger partial charge is 0.193 e. The first-order chi connectivity index (χ1) is 39.6. The van der Waals surface area contributed by atoms with Crippen molar-refractivity contribution in [1.29, 1.82) is 0 Å². The van der Waals surface area contributed by atoms with Crippen LogP contribution in [0.1, 0.15) is 45.6 Å². The fraction of sp³-hybridized carbons (Fsp3) is 0.0267. The standard InChI is InChI=1S/C37H23NO.C24H14BrNO.C13H10O.CH4.HI/c1-4-12-24(13-5-1)37(25-14-6-2-7-15-25)27-18-10-20-29-33(27)35-30(38(29)26-16-8-3-9-17-26)22-23-32-36(35)34-28(37)19-11-21-31(34)39-32;25-17-10-6-12-20-23(17)24-21(27-20)14-13-19-22(24)16-9-4-5-11-18(16)26(19)15-7-2-1-3-8-15;14-13(11-7-3-1-4-8-11)12-9-5-2-6-10-12;;/h1-23H;1-14H;1-10H;1H4;1H. The molecule has 12 aromatic carbocycles. The minimum atomic E-state index is -0.535. The second-order valence-electron chi connectivity index (χ2n) is 20.3. The third-order valence-corrected chi connectivity index (χ3v) is 16.6. The van der Waals surface area contributed by atoms with Gasteiger partial charge < -0.3 is 18.0 Å². The van der Waals surface area contributed by atoms with Gasteiger partial charge in [-0.15, -0.1) is 24.0 Å². The molecule has 82 heavy (non-hydrogen) atoms. The molecule has 17 rings (SSSR count). The van der Waals surface area contributed by atoms with E-state index < -0.39 is 5.41 Å². The number of carbonyl (C=O) groups excluding carboxylic acids is 1. The Bertz CT molecular complexity index is 4930. The van der Waals surface area contributed by atoms with Gasteiger partial charge in [0.25, 0.3) is 0 Å². The van der Waals surface area contributed by atoms with Gasteiger partial charge in [-0.1, -0.05) is 230 Å². The van der Waals surface area contributed by atoms with Crippen LogP contribution in [0.2, 0.25) is 0 Å². The van der Waals surface area contributed by atoms with Crippen LogP contribution in [-0.2, 0) is 5.41 Å². The van der Waals surface area contributed by atoms with Crippen LogP contribution in [0.15, 0.2) is 298 Å². The molecule has 0 atom stereocenters. The maximum Gasteiger partial charge on any atom is 0.193 e. The molecule has 0 saturated carbocycles. The molecule has 0 fully saturated rings. The molecular weight excluding hydrogens is 1180 g/mol. The molecule has 1 aliphatic rings. The van der Waals surface area contributed by atoms with Crippen molar-refractivity contribution < 1.29 is 13.6 Å². The van der Waals surface area contributed by atoms with Crippen LogP contribution in [0.5, 0.6) is 0 Å². The molecule has 4 heterocycles. The molecule has 7 heteroatoms. The lowest BCUT2D eigenvalue weighted by Crippen LogP contribution is -2.31. The van der Waals surface area contributed by atoms with Crippen molar-refractivity contribution >= 4 is 133 Å². The van der Waals surface area contributed by atoms with Crippen LogP contribution < -0.4 is 0 Å². The fourth-order valence-electron chi connectivity index (χ4n) is 12.8. The number of halogens is 2. The van der Waals surface area contributed by atoms with Crippen molar-refractivity contribution in [1.82, 2.24) is 9.13 Å². The number of para-hydroxylation sites is 3. The van der Waals surface area contributed by atoms with Gasteiger partial charge in [-0.3, -0.25) is 4.79 Å². The molecule has 0 unspecified atom stereocenters. The lowest BCUT2D eigenvalue weighted by molar-refractivity contribution is 0.103. The first kappa shape index (κ1) is 52.1. The largest absolute Gasteiger partial charge is 0.456 e. The van der Waals surface area contributed by atoms with E-state index in [-0.39, 0.29) is 37.2 Å². The maximum absolute atomic E-state index is 11.8. The third kappa shape index (κ3) is 8.12. The Kier molecular flexibility index (Phi) is 13.5. The van der Waals surface area contributed by atoms with E-state index in [1.165, 1.54) is 82.0 Å². The van der Waals surface area contributed by atoms with Crippen LogP contribution in [0.3, 0.4) is 0 Å². The van der Waals surface area contributed by atoms with Gasteiger partial charge in [-0.25, -0.2) is 0 Å². The summed E-state index contributed by atoms with van der Waals surface area (Å²) in [4.78, 5) is 11.8. The molecule has 0 spiro atoms. The van der Waals surface area contributed by atoms with E-state index >= 15 is 0 Å². The number of benzene rings is 12. The summed E-state index contributed by atoms with van der Waals surface area (Å²) in [6, 6.07) is 98.6. The SMILES string of the molecule is Brc1cccc2oc3ccc4c(c5ccccc5n4-c4ccccc4)c3c12.C.I.O=C(c1ccccc1)c1ccccc1.c1ccc(-n2c3cccc4c3c3c5c(ccc32)oc2cccc(c25)C4(c2ccccc2)c2ccccc2)cc1. The summed E-state index contributed by atoms with van der Waals surface area (Å²) < 4.78 is 18.6. The summed E-state index contributed by atoms with van der Waals surface area (Å²) >= 11 is 3.73. The van der Waals surface area contributed by atoms with E-state index in [1.54, 1.807) is 0 Å². The van der Waals surface area contributed by atoms with Crippen molar-refractivity contribution in [2.24, 2.45) is 0 Å². The summed E-state index contributed by atoms with van der Waals surface area (Å²) in [7, 11) is 0. The Labute approximate surface area is 499 Å². The van der Waals surface area contributed by atoms with Crippen molar-refractivity contribution in [2.75, 3.05) is 0 Å². The molecule has 0 radical (unpaired) electrons. The number of furan rings is 2. The summed E-state index contributed by atoms with van der Waals surface area (Å²) in [5.74, 6) is 0.0752. The minimum absolute atomic E-state index is 0. The van der Waals surface area contributed by atoms with Gasteiger partial charge in [0.05, 0.1) is 27.5 Å². The first-order valence-electron chi connectivity index (χ1n) is 26.9. The molecular formula is C75H52BrIN2O3. The fourth-order valence-corrected chi connectivity index (χ4v) is 13.3. The zero-order valence-electron chi connectivity index (χ0n) is 43.5. The van der Waals surface area contributed by atoms with Crippen molar-refractivity contribution in [3.8, 4) is 11.4 Å². The molecule has 0 saturated heterocycles. The lowest BCUT2D eigenvalue weighted by atomic mass is 9.64. The van der Waals surface area contributed by atoms with Gasteiger partial charge >= 0.3 is 0 Å². The van der Waals surface area contributed by atoms with Crippen LogP contribution in [0, 0.1) is 0 Å².